The standard InChI is InChI=1S/C6H12N2/c1-2-3-4-6(8)5-7/h2-3,5H,4,7-8H2,1H3/b3-2-,6-5+. The van der Waals surface area contributed by atoms with E-state index < -0.39 is 0 Å². The van der Waals surface area contributed by atoms with E-state index in [0.29, 0.717) is 5.70 Å². The van der Waals surface area contributed by atoms with Gasteiger partial charge >= 0.3 is 0 Å². The summed E-state index contributed by atoms with van der Waals surface area (Å²) < 4.78 is 0. The molecule has 0 amide bonds. The van der Waals surface area contributed by atoms with Gasteiger partial charge in [0.15, 0.2) is 0 Å². The zero-order chi connectivity index (χ0) is 6.41. The van der Waals surface area contributed by atoms with Crippen molar-refractivity contribution in [3.05, 3.63) is 24.0 Å². The Morgan fingerprint density at radius 1 is 1.62 bits per heavy atom. The van der Waals surface area contributed by atoms with E-state index in [1.54, 1.807) is 0 Å². The Labute approximate surface area is 49.9 Å². The molecular formula is C6H12N2. The minimum absolute atomic E-state index is 0.711. The monoisotopic (exact) mass is 112 g/mol. The molecule has 4 N–H and O–H groups in total. The first-order valence-electron chi connectivity index (χ1n) is 2.58. The van der Waals surface area contributed by atoms with E-state index in [-0.39, 0.29) is 0 Å². The summed E-state index contributed by atoms with van der Waals surface area (Å²) in [6, 6.07) is 0. The van der Waals surface area contributed by atoms with Crippen molar-refractivity contribution < 1.29 is 0 Å². The molecule has 8 heavy (non-hydrogen) atoms. The van der Waals surface area contributed by atoms with Gasteiger partial charge in [0.1, 0.15) is 0 Å². The van der Waals surface area contributed by atoms with Crippen LogP contribution in [-0.2, 0) is 0 Å². The third-order valence-corrected chi connectivity index (χ3v) is 0.803. The molecule has 0 atom stereocenters. The minimum Gasteiger partial charge on any atom is -0.403 e. The Bertz CT molecular complexity index is 103. The van der Waals surface area contributed by atoms with Gasteiger partial charge in [-0.15, -0.1) is 0 Å². The molecule has 0 aliphatic rings. The van der Waals surface area contributed by atoms with Crippen molar-refractivity contribution in [3.63, 3.8) is 0 Å². The van der Waals surface area contributed by atoms with E-state index in [1.807, 2.05) is 19.1 Å². The first-order valence-corrected chi connectivity index (χ1v) is 2.58. The molecule has 0 unspecified atom stereocenters. The second-order valence-corrected chi connectivity index (χ2v) is 1.51. The lowest BCUT2D eigenvalue weighted by molar-refractivity contribution is 1.14. The number of nitrogens with two attached hydrogens (primary N) is 2. The van der Waals surface area contributed by atoms with E-state index in [9.17, 15) is 0 Å². The molecule has 0 saturated heterocycles. The van der Waals surface area contributed by atoms with Crippen molar-refractivity contribution in [1.29, 1.82) is 0 Å². The van der Waals surface area contributed by atoms with E-state index in [1.165, 1.54) is 6.20 Å². The van der Waals surface area contributed by atoms with Gasteiger partial charge in [0.25, 0.3) is 0 Å². The fraction of sp³-hybridized carbons (Fsp3) is 0.333. The highest BCUT2D eigenvalue weighted by atomic mass is 14.6. The van der Waals surface area contributed by atoms with Crippen LogP contribution >= 0.6 is 0 Å². The molecule has 0 radical (unpaired) electrons. The highest BCUT2D eigenvalue weighted by Gasteiger charge is 1.78. The molecule has 0 spiro atoms. The van der Waals surface area contributed by atoms with Crippen molar-refractivity contribution in [2.45, 2.75) is 13.3 Å². The number of rotatable bonds is 2. The molecule has 0 fully saturated rings. The zero-order valence-electron chi connectivity index (χ0n) is 5.09. The zero-order valence-corrected chi connectivity index (χ0v) is 5.09. The van der Waals surface area contributed by atoms with E-state index in [0.717, 1.165) is 6.42 Å². The van der Waals surface area contributed by atoms with Crippen LogP contribution in [0.5, 0.6) is 0 Å². The van der Waals surface area contributed by atoms with Crippen LogP contribution in [-0.4, -0.2) is 0 Å². The molecule has 46 valence electrons. The SMILES string of the molecule is C/C=C\C/C(N)=C\N. The molecule has 2 heteroatoms. The van der Waals surface area contributed by atoms with E-state index in [2.05, 4.69) is 0 Å². The molecule has 0 aromatic rings. The maximum absolute atomic E-state index is 5.34. The van der Waals surface area contributed by atoms with Crippen LogP contribution in [0.1, 0.15) is 13.3 Å². The topological polar surface area (TPSA) is 52.0 Å². The van der Waals surface area contributed by atoms with Crippen LogP contribution in [0.2, 0.25) is 0 Å². The normalized spacial score (nSPS) is 12.9. The highest BCUT2D eigenvalue weighted by Crippen LogP contribution is 1.89. The third kappa shape index (κ3) is 3.28. The lowest BCUT2D eigenvalue weighted by Gasteiger charge is -1.89. The Balaban J connectivity index is 3.40. The smallest absolute Gasteiger partial charge is 0.0276 e. The molecule has 0 saturated carbocycles. The first-order chi connectivity index (χ1) is 3.81. The largest absolute Gasteiger partial charge is 0.403 e. The predicted molar refractivity (Wildman–Crippen MR) is 35.9 cm³/mol. The molecule has 0 aliphatic carbocycles. The molecule has 0 heterocycles. The summed E-state index contributed by atoms with van der Waals surface area (Å²) in [5.41, 5.74) is 11.1. The van der Waals surface area contributed by atoms with Gasteiger partial charge in [-0.25, -0.2) is 0 Å². The van der Waals surface area contributed by atoms with Crippen LogP contribution in [0.4, 0.5) is 0 Å². The number of allylic oxidation sites excluding steroid dienone is 2. The third-order valence-electron chi connectivity index (χ3n) is 0.803. The summed E-state index contributed by atoms with van der Waals surface area (Å²) >= 11 is 0. The quantitative estimate of drug-likeness (QED) is 0.517. The van der Waals surface area contributed by atoms with Crippen molar-refractivity contribution >= 4 is 0 Å². The van der Waals surface area contributed by atoms with Crippen LogP contribution in [0.15, 0.2) is 24.0 Å². The summed E-state index contributed by atoms with van der Waals surface area (Å²) in [4.78, 5) is 0. The Hall–Kier alpha value is -0.920. The summed E-state index contributed by atoms with van der Waals surface area (Å²) in [6.45, 7) is 1.95. The minimum atomic E-state index is 0.711. The molecule has 0 aromatic carbocycles. The van der Waals surface area contributed by atoms with Gasteiger partial charge in [0, 0.05) is 18.3 Å². The number of hydrogen-bond acceptors (Lipinski definition) is 2. The Morgan fingerprint density at radius 3 is 2.62 bits per heavy atom. The van der Waals surface area contributed by atoms with Crippen molar-refractivity contribution in [2.75, 3.05) is 0 Å². The van der Waals surface area contributed by atoms with Gasteiger partial charge in [-0.1, -0.05) is 12.2 Å². The van der Waals surface area contributed by atoms with Crippen molar-refractivity contribution in [2.24, 2.45) is 11.5 Å². The molecule has 2 nitrogen and oxygen atoms in total. The second-order valence-electron chi connectivity index (χ2n) is 1.51. The van der Waals surface area contributed by atoms with Gasteiger partial charge in [0.05, 0.1) is 0 Å². The van der Waals surface area contributed by atoms with E-state index >= 15 is 0 Å². The molecule has 0 aromatic heterocycles. The van der Waals surface area contributed by atoms with Gasteiger partial charge in [0.2, 0.25) is 0 Å². The van der Waals surface area contributed by atoms with Gasteiger partial charge in [-0.2, -0.15) is 0 Å². The maximum Gasteiger partial charge on any atom is 0.0276 e. The maximum atomic E-state index is 5.34. The lowest BCUT2D eigenvalue weighted by Crippen LogP contribution is -1.98. The second kappa shape index (κ2) is 4.24. The highest BCUT2D eigenvalue weighted by molar-refractivity contribution is 5.00. The number of hydrogen-bond donors (Lipinski definition) is 2. The molecule has 0 aliphatic heterocycles. The summed E-state index contributed by atoms with van der Waals surface area (Å²) in [5, 5.41) is 0. The molecular weight excluding hydrogens is 100 g/mol. The van der Waals surface area contributed by atoms with Crippen LogP contribution in [0.3, 0.4) is 0 Å². The van der Waals surface area contributed by atoms with Crippen LogP contribution in [0.25, 0.3) is 0 Å². The Kier molecular flexibility index (Phi) is 3.76. The molecule has 0 bridgehead atoms. The summed E-state index contributed by atoms with van der Waals surface area (Å²) in [5.74, 6) is 0. The van der Waals surface area contributed by atoms with Crippen LogP contribution in [0, 0.1) is 0 Å². The Morgan fingerprint density at radius 2 is 2.25 bits per heavy atom. The lowest BCUT2D eigenvalue weighted by atomic mass is 10.3. The van der Waals surface area contributed by atoms with Crippen LogP contribution < -0.4 is 11.5 Å². The first kappa shape index (κ1) is 7.08. The van der Waals surface area contributed by atoms with Crippen molar-refractivity contribution in [1.82, 2.24) is 0 Å². The fourth-order valence-corrected chi connectivity index (χ4v) is 0.322. The summed E-state index contributed by atoms with van der Waals surface area (Å²) in [7, 11) is 0. The van der Waals surface area contributed by atoms with E-state index in [4.69, 9.17) is 11.5 Å². The average Bonchev–Trinajstić information content (AvgIpc) is 1.83. The predicted octanol–water partition coefficient (Wildman–Crippen LogP) is 0.711. The van der Waals surface area contributed by atoms with Gasteiger partial charge in [-0.05, 0) is 6.92 Å². The molecule has 0 rings (SSSR count). The van der Waals surface area contributed by atoms with Gasteiger partial charge < -0.3 is 11.5 Å². The average molecular weight is 112 g/mol. The summed E-state index contributed by atoms with van der Waals surface area (Å²) in [6.07, 6.45) is 6.07. The van der Waals surface area contributed by atoms with Crippen molar-refractivity contribution in [3.8, 4) is 0 Å². The fourth-order valence-electron chi connectivity index (χ4n) is 0.322. The van der Waals surface area contributed by atoms with Gasteiger partial charge in [-0.3, -0.25) is 0 Å².